The zero-order valence-electron chi connectivity index (χ0n) is 29.3. The maximum absolute atomic E-state index is 13.2. The van der Waals surface area contributed by atoms with E-state index < -0.39 is 30.6 Å². The summed E-state index contributed by atoms with van der Waals surface area (Å²) in [6.45, 7) is 2.03. The zero-order chi connectivity index (χ0) is 38.2. The van der Waals surface area contributed by atoms with Crippen molar-refractivity contribution in [1.82, 2.24) is 0 Å². The van der Waals surface area contributed by atoms with Crippen molar-refractivity contribution in [3.05, 3.63) is 83.9 Å². The minimum Gasteiger partial charge on any atom is -0.494 e. The molecule has 0 saturated heterocycles. The standard InChI is InChI=1S/C39H45F7O6/c1-3-4-5-9-12-28(2)51-35(47)31-15-13-29(14-16-31)30-17-23-34(24-18-30)52-36(48)32-19-21-33(22-20-32)50-26-11-8-6-7-10-25-49-27-37(40,41)38(42,43)39(44,45)46/h13-24,28H,3-12,25-27H2,1-2H3/t28-/m0/s1. The predicted octanol–water partition coefficient (Wildman–Crippen LogP) is 11.3. The van der Waals surface area contributed by atoms with Gasteiger partial charge >= 0.3 is 30.0 Å². The number of carbonyl (C=O) groups excluding carboxylic acids is 2. The molecule has 0 aliphatic rings. The van der Waals surface area contributed by atoms with Gasteiger partial charge in [0.15, 0.2) is 0 Å². The molecule has 0 bridgehead atoms. The molecule has 0 N–H and O–H groups in total. The summed E-state index contributed by atoms with van der Waals surface area (Å²) in [6.07, 6.45) is 1.55. The lowest BCUT2D eigenvalue weighted by atomic mass is 10.0. The van der Waals surface area contributed by atoms with Crippen molar-refractivity contribution in [3.63, 3.8) is 0 Å². The Balaban J connectivity index is 1.32. The van der Waals surface area contributed by atoms with E-state index in [1.807, 2.05) is 31.2 Å². The highest BCUT2D eigenvalue weighted by Gasteiger charge is 2.72. The van der Waals surface area contributed by atoms with Crippen LogP contribution in [0.5, 0.6) is 11.5 Å². The summed E-state index contributed by atoms with van der Waals surface area (Å²) in [5.41, 5.74) is 2.55. The normalized spacial score (nSPS) is 12.7. The van der Waals surface area contributed by atoms with Gasteiger partial charge in [-0.2, -0.15) is 30.7 Å². The molecule has 13 heteroatoms. The van der Waals surface area contributed by atoms with Crippen LogP contribution in [0.1, 0.15) is 98.8 Å². The minimum absolute atomic E-state index is 0.141. The molecule has 0 heterocycles. The summed E-state index contributed by atoms with van der Waals surface area (Å²) in [7, 11) is 0. The molecule has 52 heavy (non-hydrogen) atoms. The van der Waals surface area contributed by atoms with Gasteiger partial charge in [-0.05, 0) is 92.3 Å². The van der Waals surface area contributed by atoms with Crippen LogP contribution in [0.3, 0.4) is 0 Å². The van der Waals surface area contributed by atoms with E-state index in [1.54, 1.807) is 48.5 Å². The minimum atomic E-state index is -6.37. The number of unbranched alkanes of at least 4 members (excludes halogenated alkanes) is 7. The highest BCUT2D eigenvalue weighted by atomic mass is 19.4. The second-order valence-corrected chi connectivity index (χ2v) is 12.5. The molecule has 0 fully saturated rings. The van der Waals surface area contributed by atoms with Crippen LogP contribution in [0.2, 0.25) is 0 Å². The molecular formula is C39H45F7O6. The zero-order valence-corrected chi connectivity index (χ0v) is 29.3. The van der Waals surface area contributed by atoms with Crippen molar-refractivity contribution in [2.24, 2.45) is 0 Å². The van der Waals surface area contributed by atoms with Gasteiger partial charge in [-0.15, -0.1) is 0 Å². The number of hydrogen-bond acceptors (Lipinski definition) is 6. The van der Waals surface area contributed by atoms with E-state index in [4.69, 9.17) is 14.2 Å². The first-order chi connectivity index (χ1) is 24.6. The van der Waals surface area contributed by atoms with Gasteiger partial charge in [0.1, 0.15) is 18.1 Å². The first kappa shape index (κ1) is 42.3. The molecule has 3 aromatic rings. The average molecular weight is 743 g/mol. The summed E-state index contributed by atoms with van der Waals surface area (Å²) >= 11 is 0. The van der Waals surface area contributed by atoms with Crippen LogP contribution in [0.15, 0.2) is 72.8 Å². The first-order valence-electron chi connectivity index (χ1n) is 17.4. The highest BCUT2D eigenvalue weighted by Crippen LogP contribution is 2.46. The van der Waals surface area contributed by atoms with E-state index in [9.17, 15) is 40.3 Å². The Bertz CT molecular complexity index is 1510. The Labute approximate surface area is 299 Å². The van der Waals surface area contributed by atoms with Crippen LogP contribution >= 0.6 is 0 Å². The second kappa shape index (κ2) is 20.2. The van der Waals surface area contributed by atoms with E-state index in [0.29, 0.717) is 54.9 Å². The molecule has 0 unspecified atom stereocenters. The van der Waals surface area contributed by atoms with Gasteiger partial charge in [0, 0.05) is 6.61 Å². The van der Waals surface area contributed by atoms with Gasteiger partial charge in [-0.1, -0.05) is 69.7 Å². The third kappa shape index (κ3) is 13.1. The maximum atomic E-state index is 13.2. The number of hydrogen-bond donors (Lipinski definition) is 0. The molecule has 3 rings (SSSR count). The molecule has 0 aromatic heterocycles. The quantitative estimate of drug-likeness (QED) is 0.0442. The second-order valence-electron chi connectivity index (χ2n) is 12.5. The fourth-order valence-electron chi connectivity index (χ4n) is 5.06. The van der Waals surface area contributed by atoms with Crippen LogP contribution < -0.4 is 9.47 Å². The molecule has 6 nitrogen and oxygen atoms in total. The molecule has 0 radical (unpaired) electrons. The summed E-state index contributed by atoms with van der Waals surface area (Å²) < 4.78 is 110. The van der Waals surface area contributed by atoms with E-state index in [1.165, 1.54) is 6.42 Å². The molecule has 1 atom stereocenters. The topological polar surface area (TPSA) is 71.1 Å². The van der Waals surface area contributed by atoms with Crippen LogP contribution in [0.25, 0.3) is 11.1 Å². The summed E-state index contributed by atoms with van der Waals surface area (Å²) in [5, 5.41) is 0. The summed E-state index contributed by atoms with van der Waals surface area (Å²) in [4.78, 5) is 25.2. The van der Waals surface area contributed by atoms with Crippen LogP contribution in [-0.4, -0.2) is 55.9 Å². The monoisotopic (exact) mass is 742 g/mol. The van der Waals surface area contributed by atoms with Crippen molar-refractivity contribution < 1.29 is 59.3 Å². The molecule has 3 aromatic carbocycles. The smallest absolute Gasteiger partial charge is 0.459 e. The van der Waals surface area contributed by atoms with Gasteiger partial charge in [0.2, 0.25) is 0 Å². The molecule has 0 amide bonds. The third-order valence-corrected chi connectivity index (χ3v) is 8.18. The molecule has 0 aliphatic carbocycles. The molecule has 0 spiro atoms. The van der Waals surface area contributed by atoms with Gasteiger partial charge in [0.25, 0.3) is 0 Å². The lowest BCUT2D eigenvalue weighted by Gasteiger charge is -2.27. The van der Waals surface area contributed by atoms with Crippen molar-refractivity contribution in [3.8, 4) is 22.6 Å². The highest BCUT2D eigenvalue weighted by molar-refractivity contribution is 5.91. The van der Waals surface area contributed by atoms with Gasteiger partial charge in [0.05, 0.1) is 23.8 Å². The van der Waals surface area contributed by atoms with Crippen molar-refractivity contribution in [2.45, 2.75) is 102 Å². The maximum Gasteiger partial charge on any atom is 0.459 e. The van der Waals surface area contributed by atoms with Crippen molar-refractivity contribution >= 4 is 11.9 Å². The number of benzene rings is 3. The summed E-state index contributed by atoms with van der Waals surface area (Å²) in [5.74, 6) is -11.5. The Morgan fingerprint density at radius 2 is 1.12 bits per heavy atom. The lowest BCUT2D eigenvalue weighted by molar-refractivity contribution is -0.361. The Kier molecular flexibility index (Phi) is 16.4. The van der Waals surface area contributed by atoms with Crippen LogP contribution in [0.4, 0.5) is 30.7 Å². The largest absolute Gasteiger partial charge is 0.494 e. The van der Waals surface area contributed by atoms with E-state index in [0.717, 1.165) is 36.8 Å². The van der Waals surface area contributed by atoms with E-state index in [2.05, 4.69) is 11.7 Å². The van der Waals surface area contributed by atoms with Gasteiger partial charge in [-0.25, -0.2) is 9.59 Å². The van der Waals surface area contributed by atoms with Gasteiger partial charge in [-0.3, -0.25) is 0 Å². The fourth-order valence-corrected chi connectivity index (χ4v) is 5.06. The number of ether oxygens (including phenoxy) is 4. The Hall–Kier alpha value is -4.13. The van der Waals surface area contributed by atoms with Crippen LogP contribution in [0, 0.1) is 0 Å². The van der Waals surface area contributed by atoms with E-state index in [-0.39, 0.29) is 25.1 Å². The number of rotatable bonds is 22. The molecular weight excluding hydrogens is 697 g/mol. The predicted molar refractivity (Wildman–Crippen MR) is 182 cm³/mol. The van der Waals surface area contributed by atoms with E-state index >= 15 is 0 Å². The Morgan fingerprint density at radius 1 is 0.615 bits per heavy atom. The lowest BCUT2D eigenvalue weighted by Crippen LogP contribution is -2.54. The number of alkyl halides is 7. The SMILES string of the molecule is CCCCCC[C@H](C)OC(=O)c1ccc(-c2ccc(OC(=O)c3ccc(OCCCCCCCOCC(F)(F)C(F)(F)C(F)(F)F)cc3)cc2)cc1. The van der Waals surface area contributed by atoms with Gasteiger partial charge < -0.3 is 18.9 Å². The fraction of sp³-hybridized carbons (Fsp3) is 0.487. The molecule has 0 saturated carbocycles. The number of esters is 2. The van der Waals surface area contributed by atoms with Crippen molar-refractivity contribution in [2.75, 3.05) is 19.8 Å². The number of carbonyl (C=O) groups is 2. The summed E-state index contributed by atoms with van der Waals surface area (Å²) in [6, 6.07) is 20.5. The van der Waals surface area contributed by atoms with Crippen LogP contribution in [-0.2, 0) is 9.47 Å². The average Bonchev–Trinajstić information content (AvgIpc) is 3.11. The molecule has 0 aliphatic heterocycles. The number of halogens is 7. The first-order valence-corrected chi connectivity index (χ1v) is 17.4. The third-order valence-electron chi connectivity index (χ3n) is 8.18. The molecule has 286 valence electrons. The van der Waals surface area contributed by atoms with Crippen molar-refractivity contribution in [1.29, 1.82) is 0 Å². The Morgan fingerprint density at radius 3 is 1.71 bits per heavy atom.